The molecule has 0 spiro atoms. The van der Waals surface area contributed by atoms with Gasteiger partial charge in [0.1, 0.15) is 5.69 Å². The van der Waals surface area contributed by atoms with Crippen molar-refractivity contribution in [2.24, 2.45) is 5.73 Å². The molecular formula is C12H20N4O3. The second-order valence-corrected chi connectivity index (χ2v) is 4.35. The van der Waals surface area contributed by atoms with Crippen molar-refractivity contribution in [2.45, 2.75) is 39.3 Å². The van der Waals surface area contributed by atoms with Crippen molar-refractivity contribution >= 4 is 11.6 Å². The van der Waals surface area contributed by atoms with E-state index in [0.717, 1.165) is 12.8 Å². The number of aryl methyl sites for hydroxylation is 1. The fraction of sp³-hybridized carbons (Fsp3) is 0.583. The van der Waals surface area contributed by atoms with Crippen LogP contribution in [0, 0.1) is 10.1 Å². The van der Waals surface area contributed by atoms with Gasteiger partial charge in [0.25, 0.3) is 11.6 Å². The third-order valence-corrected chi connectivity index (χ3v) is 2.90. The molecule has 0 aliphatic carbocycles. The molecule has 1 rings (SSSR count). The summed E-state index contributed by atoms with van der Waals surface area (Å²) < 4.78 is 1.61. The predicted octanol–water partition coefficient (Wildman–Crippen LogP) is 1.27. The summed E-state index contributed by atoms with van der Waals surface area (Å²) in [4.78, 5) is 22.4. The van der Waals surface area contributed by atoms with E-state index in [-0.39, 0.29) is 17.6 Å². The van der Waals surface area contributed by atoms with Crippen molar-refractivity contribution in [1.82, 2.24) is 9.88 Å². The van der Waals surface area contributed by atoms with Gasteiger partial charge in [0.15, 0.2) is 0 Å². The summed E-state index contributed by atoms with van der Waals surface area (Å²) in [5, 5.41) is 13.5. The Morgan fingerprint density at radius 2 is 2.26 bits per heavy atom. The van der Waals surface area contributed by atoms with Crippen LogP contribution in [-0.4, -0.2) is 28.0 Å². The molecule has 1 heterocycles. The number of carbonyl (C=O) groups is 1. The van der Waals surface area contributed by atoms with Crippen LogP contribution in [0.3, 0.4) is 0 Å². The Morgan fingerprint density at radius 3 is 2.74 bits per heavy atom. The molecule has 7 heteroatoms. The summed E-state index contributed by atoms with van der Waals surface area (Å²) in [5.41, 5.74) is 5.77. The van der Waals surface area contributed by atoms with E-state index in [1.807, 2.05) is 13.8 Å². The Kier molecular flexibility index (Phi) is 5.50. The summed E-state index contributed by atoms with van der Waals surface area (Å²) >= 11 is 0. The molecule has 0 aliphatic rings. The number of aromatic nitrogens is 1. The molecule has 1 atom stereocenters. The van der Waals surface area contributed by atoms with E-state index in [2.05, 4.69) is 5.32 Å². The summed E-state index contributed by atoms with van der Waals surface area (Å²) in [6, 6.07) is 1.19. The quantitative estimate of drug-likeness (QED) is 0.574. The van der Waals surface area contributed by atoms with Crippen LogP contribution < -0.4 is 11.1 Å². The number of nitro groups is 1. The van der Waals surface area contributed by atoms with Crippen LogP contribution in [-0.2, 0) is 6.54 Å². The van der Waals surface area contributed by atoms with Gasteiger partial charge in [-0.05, 0) is 12.8 Å². The molecule has 19 heavy (non-hydrogen) atoms. The van der Waals surface area contributed by atoms with Gasteiger partial charge in [-0.15, -0.1) is 0 Å². The number of nitrogens with zero attached hydrogens (tertiary/aromatic N) is 2. The minimum Gasteiger partial charge on any atom is -0.347 e. The molecule has 0 saturated heterocycles. The molecule has 1 unspecified atom stereocenters. The van der Waals surface area contributed by atoms with Gasteiger partial charge in [0.05, 0.1) is 11.1 Å². The molecule has 0 bridgehead atoms. The first kappa shape index (κ1) is 15.2. The van der Waals surface area contributed by atoms with Crippen LogP contribution in [0.4, 0.5) is 5.69 Å². The highest BCUT2D eigenvalue weighted by Gasteiger charge is 2.20. The highest BCUT2D eigenvalue weighted by atomic mass is 16.6. The van der Waals surface area contributed by atoms with Gasteiger partial charge in [0.2, 0.25) is 0 Å². The first-order chi connectivity index (χ1) is 9.03. The van der Waals surface area contributed by atoms with Crippen LogP contribution in [0.15, 0.2) is 12.3 Å². The van der Waals surface area contributed by atoms with E-state index in [9.17, 15) is 14.9 Å². The second-order valence-electron chi connectivity index (χ2n) is 4.35. The number of hydrogen-bond acceptors (Lipinski definition) is 4. The van der Waals surface area contributed by atoms with Crippen LogP contribution in [0.25, 0.3) is 0 Å². The highest BCUT2D eigenvalue weighted by Crippen LogP contribution is 2.17. The Labute approximate surface area is 111 Å². The van der Waals surface area contributed by atoms with Crippen molar-refractivity contribution in [2.75, 3.05) is 6.54 Å². The molecule has 3 N–H and O–H groups in total. The van der Waals surface area contributed by atoms with E-state index >= 15 is 0 Å². The first-order valence-corrected chi connectivity index (χ1v) is 6.38. The van der Waals surface area contributed by atoms with Crippen LogP contribution in [0.2, 0.25) is 0 Å². The second kappa shape index (κ2) is 6.89. The van der Waals surface area contributed by atoms with Crippen molar-refractivity contribution in [1.29, 1.82) is 0 Å². The monoisotopic (exact) mass is 268 g/mol. The van der Waals surface area contributed by atoms with E-state index in [1.54, 1.807) is 4.57 Å². The van der Waals surface area contributed by atoms with Crippen molar-refractivity contribution < 1.29 is 9.72 Å². The lowest BCUT2D eigenvalue weighted by Gasteiger charge is -2.15. The molecule has 7 nitrogen and oxygen atoms in total. The average molecular weight is 268 g/mol. The molecule has 106 valence electrons. The highest BCUT2D eigenvalue weighted by molar-refractivity contribution is 5.93. The maximum atomic E-state index is 12.1. The van der Waals surface area contributed by atoms with Crippen molar-refractivity contribution in [3.8, 4) is 0 Å². The molecular weight excluding hydrogens is 248 g/mol. The number of hydrogen-bond donors (Lipinski definition) is 2. The number of carbonyl (C=O) groups excluding carboxylic acids is 1. The molecule has 0 radical (unpaired) electrons. The average Bonchev–Trinajstić information content (AvgIpc) is 2.80. The molecule has 0 aliphatic heterocycles. The Hall–Kier alpha value is -1.89. The van der Waals surface area contributed by atoms with Gasteiger partial charge in [0, 0.05) is 25.2 Å². The first-order valence-electron chi connectivity index (χ1n) is 6.38. The third-order valence-electron chi connectivity index (χ3n) is 2.90. The zero-order valence-corrected chi connectivity index (χ0v) is 11.3. The SMILES string of the molecule is CCCn1cc([N+](=O)[O-])cc1C(=O)NC(CC)CN. The molecule has 1 aromatic rings. The smallest absolute Gasteiger partial charge is 0.287 e. The topological polar surface area (TPSA) is 103 Å². The Balaban J connectivity index is 2.96. The minimum atomic E-state index is -0.497. The Morgan fingerprint density at radius 1 is 1.58 bits per heavy atom. The maximum absolute atomic E-state index is 12.1. The number of amides is 1. The van der Waals surface area contributed by atoms with E-state index in [0.29, 0.717) is 18.8 Å². The Bertz CT molecular complexity index is 452. The number of nitrogens with one attached hydrogen (secondary N) is 1. The van der Waals surface area contributed by atoms with Gasteiger partial charge in [-0.1, -0.05) is 13.8 Å². The predicted molar refractivity (Wildman–Crippen MR) is 72.0 cm³/mol. The fourth-order valence-electron chi connectivity index (χ4n) is 1.80. The van der Waals surface area contributed by atoms with Crippen LogP contribution in [0.5, 0.6) is 0 Å². The molecule has 0 saturated carbocycles. The van der Waals surface area contributed by atoms with Crippen molar-refractivity contribution in [3.05, 3.63) is 28.1 Å². The number of nitrogens with two attached hydrogens (primary N) is 1. The van der Waals surface area contributed by atoms with E-state index < -0.39 is 4.92 Å². The third kappa shape index (κ3) is 3.78. The lowest BCUT2D eigenvalue weighted by molar-refractivity contribution is -0.384. The number of rotatable bonds is 7. The maximum Gasteiger partial charge on any atom is 0.287 e. The molecule has 1 amide bonds. The fourth-order valence-corrected chi connectivity index (χ4v) is 1.80. The van der Waals surface area contributed by atoms with Gasteiger partial charge < -0.3 is 15.6 Å². The largest absolute Gasteiger partial charge is 0.347 e. The normalized spacial score (nSPS) is 12.2. The lowest BCUT2D eigenvalue weighted by Crippen LogP contribution is -2.40. The summed E-state index contributed by atoms with van der Waals surface area (Å²) in [6.07, 6.45) is 2.90. The minimum absolute atomic E-state index is 0.0700. The molecule has 1 aromatic heterocycles. The molecule has 0 fully saturated rings. The van der Waals surface area contributed by atoms with Gasteiger partial charge in [-0.25, -0.2) is 0 Å². The van der Waals surface area contributed by atoms with Gasteiger partial charge in [-0.2, -0.15) is 0 Å². The molecule has 0 aromatic carbocycles. The van der Waals surface area contributed by atoms with E-state index in [1.165, 1.54) is 12.3 Å². The summed E-state index contributed by atoms with van der Waals surface area (Å²) in [5.74, 6) is -0.321. The zero-order chi connectivity index (χ0) is 14.4. The summed E-state index contributed by atoms with van der Waals surface area (Å²) in [7, 11) is 0. The van der Waals surface area contributed by atoms with Crippen LogP contribution >= 0.6 is 0 Å². The standard InChI is InChI=1S/C12H20N4O3/c1-3-5-15-8-10(16(18)19)6-11(15)12(17)14-9(4-2)7-13/h6,8-9H,3-5,7,13H2,1-2H3,(H,14,17). The summed E-state index contributed by atoms with van der Waals surface area (Å²) in [6.45, 7) is 4.78. The van der Waals surface area contributed by atoms with Crippen molar-refractivity contribution in [3.63, 3.8) is 0 Å². The zero-order valence-electron chi connectivity index (χ0n) is 11.3. The van der Waals surface area contributed by atoms with Gasteiger partial charge in [-0.3, -0.25) is 14.9 Å². The lowest BCUT2D eigenvalue weighted by atomic mass is 10.2. The van der Waals surface area contributed by atoms with Crippen LogP contribution in [0.1, 0.15) is 37.2 Å². The van der Waals surface area contributed by atoms with Gasteiger partial charge >= 0.3 is 0 Å². The van der Waals surface area contributed by atoms with E-state index in [4.69, 9.17) is 5.73 Å².